The summed E-state index contributed by atoms with van der Waals surface area (Å²) in [5.74, 6) is -0.279. The van der Waals surface area contributed by atoms with Gasteiger partial charge < -0.3 is 20.6 Å². The summed E-state index contributed by atoms with van der Waals surface area (Å²) in [6.45, 7) is 5.30. The van der Waals surface area contributed by atoms with Gasteiger partial charge in [0.05, 0.1) is 0 Å². The van der Waals surface area contributed by atoms with Gasteiger partial charge in [-0.15, -0.1) is 0 Å². The smallest absolute Gasteiger partial charge is 0.323 e. The maximum atomic E-state index is 11.4. The number of amides is 1. The van der Waals surface area contributed by atoms with E-state index in [0.717, 1.165) is 0 Å². The summed E-state index contributed by atoms with van der Waals surface area (Å²) in [6, 6.07) is 0.397. The van der Waals surface area contributed by atoms with Crippen LogP contribution in [0.3, 0.4) is 0 Å². The number of aromatic nitrogens is 2. The van der Waals surface area contributed by atoms with E-state index in [1.54, 1.807) is 0 Å². The molecule has 0 aliphatic rings. The number of hydrogen-bond donors (Lipinski definition) is 4. The molecule has 0 radical (unpaired) electrons. The van der Waals surface area contributed by atoms with Crippen molar-refractivity contribution in [2.75, 3.05) is 13.1 Å². The molecule has 0 atom stereocenters. The van der Waals surface area contributed by atoms with Crippen LogP contribution >= 0.6 is 0 Å². The van der Waals surface area contributed by atoms with Crippen LogP contribution in [-0.2, 0) is 0 Å². The molecule has 84 valence electrons. The zero-order valence-corrected chi connectivity index (χ0v) is 8.89. The number of carbonyl (C=O) groups excluding carboxylic acids is 1. The van der Waals surface area contributed by atoms with Crippen LogP contribution in [0.2, 0.25) is 0 Å². The number of hydrogen-bond acceptors (Lipinski definition) is 3. The van der Waals surface area contributed by atoms with Crippen molar-refractivity contribution >= 4 is 5.91 Å². The Balaban J connectivity index is 2.28. The van der Waals surface area contributed by atoms with Crippen molar-refractivity contribution in [1.82, 2.24) is 20.6 Å². The van der Waals surface area contributed by atoms with Gasteiger partial charge in [0, 0.05) is 25.3 Å². The molecule has 1 heterocycles. The predicted octanol–water partition coefficient (Wildman–Crippen LogP) is -0.569. The van der Waals surface area contributed by atoms with Gasteiger partial charge in [0.2, 0.25) is 0 Å². The normalized spacial score (nSPS) is 10.6. The summed E-state index contributed by atoms with van der Waals surface area (Å²) in [6.07, 6.45) is 1.35. The zero-order valence-electron chi connectivity index (χ0n) is 8.89. The summed E-state index contributed by atoms with van der Waals surface area (Å²) in [4.78, 5) is 26.8. The maximum Gasteiger partial charge on any atom is 0.323 e. The van der Waals surface area contributed by atoms with E-state index in [1.165, 1.54) is 6.20 Å². The van der Waals surface area contributed by atoms with E-state index in [2.05, 4.69) is 20.6 Å². The minimum absolute atomic E-state index is 0.254. The molecule has 0 aromatic carbocycles. The molecular weight excluding hydrogens is 196 g/mol. The average molecular weight is 212 g/mol. The summed E-state index contributed by atoms with van der Waals surface area (Å²) in [7, 11) is 0. The molecule has 0 unspecified atom stereocenters. The molecule has 1 aromatic heterocycles. The fourth-order valence-corrected chi connectivity index (χ4v) is 1.09. The van der Waals surface area contributed by atoms with Crippen molar-refractivity contribution in [3.8, 4) is 0 Å². The van der Waals surface area contributed by atoms with Gasteiger partial charge in [0.1, 0.15) is 5.69 Å². The molecule has 15 heavy (non-hydrogen) atoms. The van der Waals surface area contributed by atoms with E-state index in [1.807, 2.05) is 13.8 Å². The van der Waals surface area contributed by atoms with Crippen LogP contribution < -0.4 is 16.3 Å². The second-order valence-electron chi connectivity index (χ2n) is 3.52. The largest absolute Gasteiger partial charge is 0.349 e. The van der Waals surface area contributed by atoms with Crippen molar-refractivity contribution in [2.45, 2.75) is 19.9 Å². The molecule has 0 saturated heterocycles. The van der Waals surface area contributed by atoms with E-state index < -0.39 is 0 Å². The van der Waals surface area contributed by atoms with Crippen molar-refractivity contribution in [2.24, 2.45) is 0 Å². The summed E-state index contributed by atoms with van der Waals surface area (Å²) in [5, 5.41) is 5.84. The van der Waals surface area contributed by atoms with Crippen LogP contribution in [0.4, 0.5) is 0 Å². The number of nitrogens with one attached hydrogen (secondary N) is 4. The third kappa shape index (κ3) is 3.99. The summed E-state index contributed by atoms with van der Waals surface area (Å²) >= 11 is 0. The van der Waals surface area contributed by atoms with Crippen molar-refractivity contribution in [1.29, 1.82) is 0 Å². The van der Waals surface area contributed by atoms with E-state index >= 15 is 0 Å². The maximum absolute atomic E-state index is 11.4. The monoisotopic (exact) mass is 212 g/mol. The lowest BCUT2D eigenvalue weighted by molar-refractivity contribution is 0.0949. The Bertz CT molecular complexity index is 366. The fraction of sp³-hybridized carbons (Fsp3) is 0.556. The van der Waals surface area contributed by atoms with Gasteiger partial charge in [-0.3, -0.25) is 4.79 Å². The van der Waals surface area contributed by atoms with Crippen molar-refractivity contribution in [3.05, 3.63) is 22.4 Å². The first-order valence-corrected chi connectivity index (χ1v) is 4.89. The first-order chi connectivity index (χ1) is 7.09. The first-order valence-electron chi connectivity index (χ1n) is 4.89. The first kappa shape index (κ1) is 11.5. The summed E-state index contributed by atoms with van der Waals surface area (Å²) < 4.78 is 0. The van der Waals surface area contributed by atoms with Gasteiger partial charge in [-0.25, -0.2) is 4.79 Å². The van der Waals surface area contributed by atoms with Gasteiger partial charge in [-0.05, 0) is 0 Å². The SMILES string of the molecule is CC(C)NCCNC(=O)c1c[nH]c(=O)[nH]1. The lowest BCUT2D eigenvalue weighted by Crippen LogP contribution is -2.34. The third-order valence-corrected chi connectivity index (χ3v) is 1.80. The number of carbonyl (C=O) groups is 1. The molecule has 6 heteroatoms. The Morgan fingerprint density at radius 1 is 1.47 bits per heavy atom. The molecular formula is C9H16N4O2. The molecule has 4 N–H and O–H groups in total. The Kier molecular flexibility index (Phi) is 4.11. The van der Waals surface area contributed by atoms with Gasteiger partial charge in [0.15, 0.2) is 0 Å². The van der Waals surface area contributed by atoms with E-state index in [0.29, 0.717) is 19.1 Å². The van der Waals surface area contributed by atoms with Gasteiger partial charge in [-0.2, -0.15) is 0 Å². The number of H-pyrrole nitrogens is 2. The lowest BCUT2D eigenvalue weighted by atomic mass is 10.4. The van der Waals surface area contributed by atoms with Crippen molar-refractivity contribution in [3.63, 3.8) is 0 Å². The highest BCUT2D eigenvalue weighted by Gasteiger charge is 2.06. The van der Waals surface area contributed by atoms with Gasteiger partial charge in [0.25, 0.3) is 5.91 Å². The second kappa shape index (κ2) is 5.35. The molecule has 0 aliphatic heterocycles. The Morgan fingerprint density at radius 2 is 2.20 bits per heavy atom. The van der Waals surface area contributed by atoms with E-state index in [-0.39, 0.29) is 17.3 Å². The van der Waals surface area contributed by atoms with Gasteiger partial charge in [-0.1, -0.05) is 13.8 Å². The molecule has 0 bridgehead atoms. The highest BCUT2D eigenvalue weighted by Crippen LogP contribution is 1.86. The second-order valence-corrected chi connectivity index (χ2v) is 3.52. The van der Waals surface area contributed by atoms with Crippen LogP contribution in [0.15, 0.2) is 11.0 Å². The quantitative estimate of drug-likeness (QED) is 0.493. The molecule has 0 spiro atoms. The molecule has 6 nitrogen and oxygen atoms in total. The zero-order chi connectivity index (χ0) is 11.3. The molecule has 0 aliphatic carbocycles. The number of rotatable bonds is 5. The van der Waals surface area contributed by atoms with Crippen LogP contribution in [0, 0.1) is 0 Å². The fourth-order valence-electron chi connectivity index (χ4n) is 1.09. The van der Waals surface area contributed by atoms with Crippen LogP contribution in [-0.4, -0.2) is 35.0 Å². The standard InChI is InChI=1S/C9H16N4O2/c1-6(2)10-3-4-11-8(14)7-5-12-9(15)13-7/h5-6,10H,3-4H2,1-2H3,(H,11,14)(H2,12,13,15). The molecule has 1 amide bonds. The Hall–Kier alpha value is -1.56. The average Bonchev–Trinajstić information content (AvgIpc) is 2.59. The predicted molar refractivity (Wildman–Crippen MR) is 56.9 cm³/mol. The topological polar surface area (TPSA) is 89.8 Å². The van der Waals surface area contributed by atoms with Crippen molar-refractivity contribution < 1.29 is 4.79 Å². The minimum Gasteiger partial charge on any atom is -0.349 e. The Labute approximate surface area is 87.5 Å². The third-order valence-electron chi connectivity index (χ3n) is 1.80. The highest BCUT2D eigenvalue weighted by atomic mass is 16.2. The molecule has 0 fully saturated rings. The Morgan fingerprint density at radius 3 is 2.73 bits per heavy atom. The van der Waals surface area contributed by atoms with Gasteiger partial charge >= 0.3 is 5.69 Å². The summed E-state index contributed by atoms with van der Waals surface area (Å²) in [5.41, 5.74) is -0.120. The highest BCUT2D eigenvalue weighted by molar-refractivity contribution is 5.91. The van der Waals surface area contributed by atoms with E-state index in [4.69, 9.17) is 0 Å². The molecule has 1 rings (SSSR count). The number of aromatic amines is 2. The minimum atomic E-state index is -0.375. The molecule has 0 saturated carbocycles. The van der Waals surface area contributed by atoms with Crippen LogP contribution in [0.1, 0.15) is 24.3 Å². The van der Waals surface area contributed by atoms with E-state index in [9.17, 15) is 9.59 Å². The lowest BCUT2D eigenvalue weighted by Gasteiger charge is -2.08. The molecule has 1 aromatic rings. The number of imidazole rings is 1. The van der Waals surface area contributed by atoms with Crippen LogP contribution in [0.5, 0.6) is 0 Å². The van der Waals surface area contributed by atoms with Crippen LogP contribution in [0.25, 0.3) is 0 Å².